The van der Waals surface area contributed by atoms with Crippen molar-refractivity contribution in [1.82, 2.24) is 9.88 Å². The Morgan fingerprint density at radius 2 is 1.87 bits per heavy atom. The topological polar surface area (TPSA) is 42.4 Å². The highest BCUT2D eigenvalue weighted by atomic mass is 32.1. The van der Waals surface area contributed by atoms with E-state index in [1.807, 2.05) is 0 Å². The zero-order valence-corrected chi connectivity index (χ0v) is 17.1. The summed E-state index contributed by atoms with van der Waals surface area (Å²) in [5.74, 6) is -1.80. The number of alkyl halides is 3. The fourth-order valence-corrected chi connectivity index (χ4v) is 4.68. The summed E-state index contributed by atoms with van der Waals surface area (Å²) >= 11 is 0.944. The summed E-state index contributed by atoms with van der Waals surface area (Å²) < 4.78 is 71.2. The Morgan fingerprint density at radius 3 is 2.52 bits per heavy atom. The van der Waals surface area contributed by atoms with Gasteiger partial charge in [0.2, 0.25) is 0 Å². The fraction of sp³-hybridized carbons (Fsp3) is 0.333. The van der Waals surface area contributed by atoms with Crippen LogP contribution in [0.3, 0.4) is 0 Å². The largest absolute Gasteiger partial charge is 0.487 e. The first-order chi connectivity index (χ1) is 14.6. The van der Waals surface area contributed by atoms with Gasteiger partial charge in [0.25, 0.3) is 5.91 Å². The second-order valence-corrected chi connectivity index (χ2v) is 8.29. The molecule has 3 heterocycles. The summed E-state index contributed by atoms with van der Waals surface area (Å²) in [6.45, 7) is 2.39. The molecule has 0 atom stereocenters. The van der Waals surface area contributed by atoms with E-state index < -0.39 is 23.5 Å². The molecular weight excluding hydrogens is 439 g/mol. The molecule has 1 saturated heterocycles. The molecule has 1 amide bonds. The van der Waals surface area contributed by atoms with Gasteiger partial charge in [-0.05, 0) is 36.8 Å². The third-order valence-corrected chi connectivity index (χ3v) is 6.39. The van der Waals surface area contributed by atoms with E-state index in [1.54, 1.807) is 11.8 Å². The molecule has 0 aliphatic carbocycles. The molecule has 0 spiro atoms. The molecular formula is C21H17F5N2O2S. The Balaban J connectivity index is 1.46. The number of rotatable bonds is 3. The number of nitrogens with zero attached hydrogens (tertiary/aromatic N) is 2. The van der Waals surface area contributed by atoms with Crippen LogP contribution in [-0.4, -0.2) is 35.0 Å². The predicted octanol–water partition coefficient (Wildman–Crippen LogP) is 5.59. The molecule has 2 aromatic heterocycles. The highest BCUT2D eigenvalue weighted by Crippen LogP contribution is 2.35. The zero-order valence-electron chi connectivity index (χ0n) is 16.3. The molecule has 4 nitrogen and oxygen atoms in total. The normalized spacial score (nSPS) is 15.5. The standard InChI is InChI=1S/C21H17F5N2O2S/c1-11-14-3-5-17(21(24,25)26)27-19(14)31-18(11)20(29)28-8-6-13(7-9-28)30-16-4-2-12(22)10-15(16)23/h2-5,10,13H,6-9H2,1H3. The number of benzene rings is 1. The molecule has 1 fully saturated rings. The monoisotopic (exact) mass is 456 g/mol. The molecule has 0 saturated carbocycles. The number of halogens is 5. The maximum atomic E-state index is 13.8. The quantitative estimate of drug-likeness (QED) is 0.483. The number of amides is 1. The molecule has 0 radical (unpaired) electrons. The van der Waals surface area contributed by atoms with Crippen molar-refractivity contribution in [3.05, 3.63) is 58.1 Å². The highest BCUT2D eigenvalue weighted by Gasteiger charge is 2.33. The van der Waals surface area contributed by atoms with Gasteiger partial charge in [0, 0.05) is 37.4 Å². The second kappa shape index (κ2) is 8.07. The van der Waals surface area contributed by atoms with Crippen LogP contribution in [0.25, 0.3) is 10.2 Å². The van der Waals surface area contributed by atoms with Gasteiger partial charge in [0.1, 0.15) is 22.4 Å². The van der Waals surface area contributed by atoms with Crippen LogP contribution in [0.1, 0.15) is 33.8 Å². The van der Waals surface area contributed by atoms with Gasteiger partial charge in [0.05, 0.1) is 4.88 Å². The van der Waals surface area contributed by atoms with Gasteiger partial charge < -0.3 is 9.64 Å². The van der Waals surface area contributed by atoms with E-state index in [2.05, 4.69) is 4.98 Å². The number of hydrogen-bond acceptors (Lipinski definition) is 4. The minimum absolute atomic E-state index is 0.0435. The number of thiophene rings is 1. The third kappa shape index (κ3) is 4.34. The highest BCUT2D eigenvalue weighted by molar-refractivity contribution is 7.20. The third-order valence-electron chi connectivity index (χ3n) is 5.21. The van der Waals surface area contributed by atoms with E-state index in [-0.39, 0.29) is 22.6 Å². The minimum atomic E-state index is -4.55. The number of pyridine rings is 1. The van der Waals surface area contributed by atoms with Gasteiger partial charge >= 0.3 is 6.18 Å². The molecule has 0 bridgehead atoms. The van der Waals surface area contributed by atoms with Gasteiger partial charge in [-0.3, -0.25) is 4.79 Å². The van der Waals surface area contributed by atoms with Crippen molar-refractivity contribution in [2.75, 3.05) is 13.1 Å². The Morgan fingerprint density at radius 1 is 1.16 bits per heavy atom. The number of likely N-dealkylation sites (tertiary alicyclic amines) is 1. The first kappa shape index (κ1) is 21.5. The number of ether oxygens (including phenoxy) is 1. The second-order valence-electron chi connectivity index (χ2n) is 7.29. The number of piperidine rings is 1. The number of fused-ring (bicyclic) bond motifs is 1. The molecule has 1 aliphatic heterocycles. The van der Waals surface area contributed by atoms with Gasteiger partial charge in [0.15, 0.2) is 11.6 Å². The molecule has 1 aromatic carbocycles. The van der Waals surface area contributed by atoms with Crippen LogP contribution in [0, 0.1) is 18.6 Å². The molecule has 1 aliphatic rings. The molecule has 0 N–H and O–H groups in total. The molecule has 164 valence electrons. The maximum absolute atomic E-state index is 13.8. The van der Waals surface area contributed by atoms with Crippen LogP contribution in [0.15, 0.2) is 30.3 Å². The van der Waals surface area contributed by atoms with Crippen molar-refractivity contribution in [3.8, 4) is 5.75 Å². The van der Waals surface area contributed by atoms with Crippen LogP contribution in [0.2, 0.25) is 0 Å². The summed E-state index contributed by atoms with van der Waals surface area (Å²) in [6.07, 6.45) is -3.99. The first-order valence-electron chi connectivity index (χ1n) is 9.52. The lowest BCUT2D eigenvalue weighted by Crippen LogP contribution is -2.41. The van der Waals surface area contributed by atoms with Gasteiger partial charge in [-0.15, -0.1) is 11.3 Å². The van der Waals surface area contributed by atoms with E-state index in [9.17, 15) is 26.7 Å². The van der Waals surface area contributed by atoms with E-state index in [0.717, 1.165) is 29.5 Å². The minimum Gasteiger partial charge on any atom is -0.487 e. The number of carbonyl (C=O) groups excluding carboxylic acids is 1. The Bertz CT molecular complexity index is 1140. The van der Waals surface area contributed by atoms with Gasteiger partial charge in [-0.1, -0.05) is 0 Å². The number of carbonyl (C=O) groups is 1. The molecule has 10 heteroatoms. The Labute approximate surface area is 178 Å². The van der Waals surface area contributed by atoms with Crippen molar-refractivity contribution >= 4 is 27.5 Å². The van der Waals surface area contributed by atoms with Gasteiger partial charge in [-0.2, -0.15) is 13.2 Å². The first-order valence-corrected chi connectivity index (χ1v) is 10.3. The summed E-state index contributed by atoms with van der Waals surface area (Å²) in [6, 6.07) is 5.33. The molecule has 3 aromatic rings. The SMILES string of the molecule is Cc1c(C(=O)N2CCC(Oc3ccc(F)cc3F)CC2)sc2nc(C(F)(F)F)ccc12. The molecule has 4 rings (SSSR count). The van der Waals surface area contributed by atoms with E-state index in [4.69, 9.17) is 4.74 Å². The lowest BCUT2D eigenvalue weighted by molar-refractivity contribution is -0.140. The van der Waals surface area contributed by atoms with E-state index >= 15 is 0 Å². The maximum Gasteiger partial charge on any atom is 0.433 e. The van der Waals surface area contributed by atoms with Crippen LogP contribution >= 0.6 is 11.3 Å². The zero-order chi connectivity index (χ0) is 22.3. The van der Waals surface area contributed by atoms with E-state index in [1.165, 1.54) is 12.1 Å². The van der Waals surface area contributed by atoms with Crippen LogP contribution in [-0.2, 0) is 6.18 Å². The summed E-state index contributed by atoms with van der Waals surface area (Å²) in [4.78, 5) is 18.8. The van der Waals surface area contributed by atoms with Crippen molar-refractivity contribution in [3.63, 3.8) is 0 Å². The lowest BCUT2D eigenvalue weighted by atomic mass is 10.1. The number of aryl methyl sites for hydroxylation is 1. The fourth-order valence-electron chi connectivity index (χ4n) is 3.53. The predicted molar refractivity (Wildman–Crippen MR) is 105 cm³/mol. The average Bonchev–Trinajstić information content (AvgIpc) is 3.05. The molecule has 31 heavy (non-hydrogen) atoms. The number of aromatic nitrogens is 1. The van der Waals surface area contributed by atoms with Crippen LogP contribution < -0.4 is 4.74 Å². The van der Waals surface area contributed by atoms with Crippen molar-refractivity contribution in [2.24, 2.45) is 0 Å². The van der Waals surface area contributed by atoms with E-state index in [0.29, 0.717) is 41.8 Å². The molecule has 0 unspecified atom stereocenters. The number of hydrogen-bond donors (Lipinski definition) is 0. The average molecular weight is 456 g/mol. The van der Waals surface area contributed by atoms with Gasteiger partial charge in [-0.25, -0.2) is 13.8 Å². The van der Waals surface area contributed by atoms with Crippen molar-refractivity contribution < 1.29 is 31.5 Å². The van der Waals surface area contributed by atoms with Crippen LogP contribution in [0.5, 0.6) is 5.75 Å². The summed E-state index contributed by atoms with van der Waals surface area (Å²) in [5, 5.41) is 0.520. The summed E-state index contributed by atoms with van der Waals surface area (Å²) in [5.41, 5.74) is -0.399. The smallest absolute Gasteiger partial charge is 0.433 e. The van der Waals surface area contributed by atoms with Crippen molar-refractivity contribution in [1.29, 1.82) is 0 Å². The van der Waals surface area contributed by atoms with Crippen molar-refractivity contribution in [2.45, 2.75) is 32.0 Å². The summed E-state index contributed by atoms with van der Waals surface area (Å²) in [7, 11) is 0. The Kier molecular flexibility index (Phi) is 5.59. The lowest BCUT2D eigenvalue weighted by Gasteiger charge is -2.32. The van der Waals surface area contributed by atoms with Crippen LogP contribution in [0.4, 0.5) is 22.0 Å². The Hall–Kier alpha value is -2.75.